The number of nitrogens with two attached hydrogens (primary N) is 1. The van der Waals surface area contributed by atoms with Gasteiger partial charge in [-0.1, -0.05) is 24.3 Å². The molecule has 10 heteroatoms. The number of benzene rings is 1. The highest BCUT2D eigenvalue weighted by molar-refractivity contribution is 6.01. The maximum atomic E-state index is 13.1. The molecule has 0 unspecified atom stereocenters. The minimum Gasteiger partial charge on any atom is -0.508 e. The first-order chi connectivity index (χ1) is 14.5. The summed E-state index contributed by atoms with van der Waals surface area (Å²) < 4.78 is 39.2. The van der Waals surface area contributed by atoms with Gasteiger partial charge in [-0.3, -0.25) is 14.4 Å². The van der Waals surface area contributed by atoms with E-state index in [4.69, 9.17) is 5.73 Å². The van der Waals surface area contributed by atoms with Gasteiger partial charge in [-0.15, -0.1) is 0 Å². The van der Waals surface area contributed by atoms with Gasteiger partial charge in [-0.2, -0.15) is 13.2 Å². The van der Waals surface area contributed by atoms with Gasteiger partial charge < -0.3 is 21.5 Å². The van der Waals surface area contributed by atoms with E-state index < -0.39 is 48.0 Å². The van der Waals surface area contributed by atoms with E-state index in [0.29, 0.717) is 12.0 Å². The molecule has 2 amide bonds. The average Bonchev–Trinajstić information content (AvgIpc) is 2.72. The summed E-state index contributed by atoms with van der Waals surface area (Å²) in [4.78, 5) is 36.6. The SMILES string of the molecule is C[C@@H](NC(=O)[C@@H](N)Cc1ccc(O)cc1)C(=O)NCC(=O)C1=C(C(F)(F)F)C=CCC1. The molecule has 0 fully saturated rings. The molecule has 1 aromatic rings. The molecule has 0 saturated heterocycles. The number of alkyl halides is 3. The number of aromatic hydroxyl groups is 1. The molecule has 1 aliphatic rings. The maximum absolute atomic E-state index is 13.1. The van der Waals surface area contributed by atoms with Crippen molar-refractivity contribution in [3.63, 3.8) is 0 Å². The van der Waals surface area contributed by atoms with Crippen molar-refractivity contribution in [2.24, 2.45) is 5.73 Å². The Morgan fingerprint density at radius 2 is 1.81 bits per heavy atom. The number of carbonyl (C=O) groups excluding carboxylic acids is 3. The highest BCUT2D eigenvalue weighted by Gasteiger charge is 2.37. The number of allylic oxidation sites excluding steroid dienone is 3. The summed E-state index contributed by atoms with van der Waals surface area (Å²) in [6.07, 6.45) is -2.02. The van der Waals surface area contributed by atoms with E-state index in [1.165, 1.54) is 25.1 Å². The zero-order valence-electron chi connectivity index (χ0n) is 16.8. The second kappa shape index (κ2) is 10.3. The van der Waals surface area contributed by atoms with Crippen molar-refractivity contribution >= 4 is 17.6 Å². The van der Waals surface area contributed by atoms with Crippen LogP contribution >= 0.6 is 0 Å². The van der Waals surface area contributed by atoms with Crippen LogP contribution in [0.5, 0.6) is 5.75 Å². The third-order valence-corrected chi connectivity index (χ3v) is 4.72. The normalized spacial score (nSPS) is 15.9. The van der Waals surface area contributed by atoms with Gasteiger partial charge in [0.25, 0.3) is 0 Å². The van der Waals surface area contributed by atoms with Crippen LogP contribution in [0, 0.1) is 0 Å². The van der Waals surface area contributed by atoms with Crippen LogP contribution < -0.4 is 16.4 Å². The molecular formula is C21H24F3N3O4. The molecule has 5 N–H and O–H groups in total. The fourth-order valence-corrected chi connectivity index (χ4v) is 3.01. The van der Waals surface area contributed by atoms with Crippen LogP contribution in [0.15, 0.2) is 47.6 Å². The quantitative estimate of drug-likeness (QED) is 0.491. The number of phenols is 1. The van der Waals surface area contributed by atoms with Crippen LogP contribution in [0.4, 0.5) is 13.2 Å². The Bertz CT molecular complexity index is 892. The Morgan fingerprint density at radius 3 is 2.42 bits per heavy atom. The molecular weight excluding hydrogens is 415 g/mol. The lowest BCUT2D eigenvalue weighted by molar-refractivity contribution is -0.129. The van der Waals surface area contributed by atoms with Crippen molar-refractivity contribution in [3.05, 3.63) is 53.1 Å². The minimum absolute atomic E-state index is 0.0571. The lowest BCUT2D eigenvalue weighted by Gasteiger charge is -2.19. The van der Waals surface area contributed by atoms with Gasteiger partial charge in [-0.05, 0) is 43.9 Å². The highest BCUT2D eigenvalue weighted by Crippen LogP contribution is 2.33. The van der Waals surface area contributed by atoms with Crippen molar-refractivity contribution in [3.8, 4) is 5.75 Å². The Morgan fingerprint density at radius 1 is 1.16 bits per heavy atom. The Kier molecular flexibility index (Phi) is 7.98. The zero-order chi connectivity index (χ0) is 23.2. The number of phenolic OH excluding ortho intramolecular Hbond substituents is 1. The molecule has 2 rings (SSSR count). The monoisotopic (exact) mass is 439 g/mol. The Balaban J connectivity index is 1.88. The topological polar surface area (TPSA) is 122 Å². The predicted molar refractivity (Wildman–Crippen MR) is 107 cm³/mol. The van der Waals surface area contributed by atoms with Crippen LogP contribution in [0.1, 0.15) is 25.3 Å². The van der Waals surface area contributed by atoms with E-state index in [9.17, 15) is 32.7 Å². The van der Waals surface area contributed by atoms with E-state index in [1.54, 1.807) is 12.1 Å². The first-order valence-corrected chi connectivity index (χ1v) is 9.60. The van der Waals surface area contributed by atoms with E-state index in [0.717, 1.165) is 6.08 Å². The molecule has 0 bridgehead atoms. The molecule has 2 atom stereocenters. The van der Waals surface area contributed by atoms with Gasteiger partial charge in [0, 0.05) is 5.57 Å². The summed E-state index contributed by atoms with van der Waals surface area (Å²) in [5.74, 6) is -2.09. The van der Waals surface area contributed by atoms with Crippen LogP contribution in [-0.4, -0.2) is 47.5 Å². The van der Waals surface area contributed by atoms with Crippen LogP contribution in [0.3, 0.4) is 0 Å². The molecule has 7 nitrogen and oxygen atoms in total. The van der Waals surface area contributed by atoms with Crippen LogP contribution in [0.2, 0.25) is 0 Å². The van der Waals surface area contributed by atoms with Gasteiger partial charge in [0.1, 0.15) is 11.8 Å². The smallest absolute Gasteiger partial charge is 0.416 e. The summed E-state index contributed by atoms with van der Waals surface area (Å²) >= 11 is 0. The number of ketones is 1. The molecule has 1 aliphatic carbocycles. The van der Waals surface area contributed by atoms with E-state index in [-0.39, 0.29) is 24.2 Å². The number of hydrogen-bond acceptors (Lipinski definition) is 5. The van der Waals surface area contributed by atoms with Gasteiger partial charge in [0.05, 0.1) is 18.2 Å². The largest absolute Gasteiger partial charge is 0.508 e. The Hall–Kier alpha value is -3.14. The fraction of sp³-hybridized carbons (Fsp3) is 0.381. The minimum atomic E-state index is -4.65. The fourth-order valence-electron chi connectivity index (χ4n) is 3.01. The third kappa shape index (κ3) is 6.95. The van der Waals surface area contributed by atoms with E-state index in [1.807, 2.05) is 0 Å². The molecule has 168 valence electrons. The summed E-state index contributed by atoms with van der Waals surface area (Å²) in [7, 11) is 0. The summed E-state index contributed by atoms with van der Waals surface area (Å²) in [5, 5.41) is 13.9. The number of carbonyl (C=O) groups is 3. The first kappa shape index (κ1) is 24.1. The predicted octanol–water partition coefficient (Wildman–Crippen LogP) is 1.66. The summed E-state index contributed by atoms with van der Waals surface area (Å²) in [5.41, 5.74) is 5.17. The van der Waals surface area contributed by atoms with E-state index in [2.05, 4.69) is 10.6 Å². The number of rotatable bonds is 8. The standard InChI is InChI=1S/C21H24F3N3O4/c1-12(27-20(31)17(25)10-13-6-8-14(28)9-7-13)19(30)26-11-18(29)15-4-2-3-5-16(15)21(22,23)24/h3,5-9,12,17,28H,2,4,10-11,25H2,1H3,(H,26,30)(H,27,31)/t12-,17+/m1/s1. The van der Waals surface area contributed by atoms with Crippen LogP contribution in [-0.2, 0) is 20.8 Å². The van der Waals surface area contributed by atoms with Crippen molar-refractivity contribution in [2.75, 3.05) is 6.54 Å². The summed E-state index contributed by atoms with van der Waals surface area (Å²) in [6, 6.07) is 4.11. The highest BCUT2D eigenvalue weighted by atomic mass is 19.4. The van der Waals surface area contributed by atoms with Gasteiger partial charge in [0.2, 0.25) is 11.8 Å². The molecule has 0 heterocycles. The zero-order valence-corrected chi connectivity index (χ0v) is 16.8. The molecule has 1 aromatic carbocycles. The molecule has 0 saturated carbocycles. The third-order valence-electron chi connectivity index (χ3n) is 4.72. The number of amides is 2. The first-order valence-electron chi connectivity index (χ1n) is 9.60. The number of nitrogens with one attached hydrogen (secondary N) is 2. The van der Waals surface area contributed by atoms with Gasteiger partial charge in [0.15, 0.2) is 5.78 Å². The molecule has 0 aliphatic heterocycles. The van der Waals surface area contributed by atoms with Crippen LogP contribution in [0.25, 0.3) is 0 Å². The number of hydrogen-bond donors (Lipinski definition) is 4. The van der Waals surface area contributed by atoms with Crippen molar-refractivity contribution in [1.29, 1.82) is 0 Å². The molecule has 31 heavy (non-hydrogen) atoms. The number of halogens is 3. The molecule has 0 aromatic heterocycles. The van der Waals surface area contributed by atoms with Crippen molar-refractivity contribution in [2.45, 2.75) is 44.4 Å². The van der Waals surface area contributed by atoms with E-state index >= 15 is 0 Å². The Labute approximate surface area is 177 Å². The lowest BCUT2D eigenvalue weighted by Crippen LogP contribution is -2.51. The van der Waals surface area contributed by atoms with Gasteiger partial charge >= 0.3 is 6.18 Å². The lowest BCUT2D eigenvalue weighted by atomic mass is 9.93. The average molecular weight is 439 g/mol. The maximum Gasteiger partial charge on any atom is 0.416 e. The van der Waals surface area contributed by atoms with Gasteiger partial charge in [-0.25, -0.2) is 0 Å². The number of Topliss-reactive ketones (excluding diaryl/α,β-unsaturated/α-hetero) is 1. The molecule has 0 spiro atoms. The van der Waals surface area contributed by atoms with Crippen molar-refractivity contribution < 1.29 is 32.7 Å². The second-order valence-corrected chi connectivity index (χ2v) is 7.18. The van der Waals surface area contributed by atoms with Crippen molar-refractivity contribution in [1.82, 2.24) is 10.6 Å². The summed E-state index contributed by atoms with van der Waals surface area (Å²) in [6.45, 7) is 0.760. The second-order valence-electron chi connectivity index (χ2n) is 7.18. The molecule has 0 radical (unpaired) electrons.